The third kappa shape index (κ3) is 5.35. The summed E-state index contributed by atoms with van der Waals surface area (Å²) in [6, 6.07) is 7.22. The minimum absolute atomic E-state index is 0.101. The number of esters is 1. The molecule has 2 N–H and O–H groups in total. The second-order valence-corrected chi connectivity index (χ2v) is 7.17. The van der Waals surface area contributed by atoms with Crippen molar-refractivity contribution in [2.75, 3.05) is 38.7 Å². The number of benzene rings is 1. The number of phenolic OH excluding ortho intramolecular Hbond substituents is 1. The van der Waals surface area contributed by atoms with E-state index in [0.717, 1.165) is 31.5 Å². The maximum absolute atomic E-state index is 11.7. The number of likely N-dealkylation sites (tertiary alicyclic amines) is 1. The molecule has 0 bridgehead atoms. The van der Waals surface area contributed by atoms with Gasteiger partial charge in [-0.25, -0.2) is 0 Å². The van der Waals surface area contributed by atoms with Crippen LogP contribution in [0, 0.1) is 6.92 Å². The first-order chi connectivity index (χ1) is 14.0. The van der Waals surface area contributed by atoms with Crippen molar-refractivity contribution in [2.45, 2.75) is 32.7 Å². The molecule has 8 nitrogen and oxygen atoms in total. The van der Waals surface area contributed by atoms with Gasteiger partial charge in [0, 0.05) is 24.2 Å². The number of aromatic nitrogens is 2. The molecule has 8 heteroatoms. The van der Waals surface area contributed by atoms with E-state index in [0.29, 0.717) is 36.0 Å². The molecule has 0 amide bonds. The first-order valence-electron chi connectivity index (χ1n) is 9.86. The van der Waals surface area contributed by atoms with Gasteiger partial charge in [-0.3, -0.25) is 9.69 Å². The molecule has 2 heterocycles. The molecule has 0 saturated carbocycles. The first kappa shape index (κ1) is 20.9. The smallest absolute Gasteiger partial charge is 0.320 e. The summed E-state index contributed by atoms with van der Waals surface area (Å²) in [5, 5.41) is 22.3. The molecule has 3 rings (SSSR count). The van der Waals surface area contributed by atoms with Crippen LogP contribution in [0.3, 0.4) is 0 Å². The van der Waals surface area contributed by atoms with Crippen LogP contribution >= 0.6 is 0 Å². The second kappa shape index (κ2) is 9.56. The van der Waals surface area contributed by atoms with E-state index in [1.54, 1.807) is 25.3 Å². The van der Waals surface area contributed by atoms with Crippen molar-refractivity contribution in [1.82, 2.24) is 15.1 Å². The SMILES string of the molecule is CCOC(=O)CN1CCC[C@@H](Nc2cc(C)c(-c3ccc(OC)cc3O)nn2)C1. The van der Waals surface area contributed by atoms with E-state index in [2.05, 4.69) is 20.4 Å². The van der Waals surface area contributed by atoms with Crippen LogP contribution < -0.4 is 10.1 Å². The molecule has 29 heavy (non-hydrogen) atoms. The number of hydrogen-bond donors (Lipinski definition) is 2. The first-order valence-corrected chi connectivity index (χ1v) is 9.86. The Bertz CT molecular complexity index is 859. The molecular weight excluding hydrogens is 372 g/mol. The van der Waals surface area contributed by atoms with E-state index in [-0.39, 0.29) is 17.8 Å². The number of phenols is 1. The van der Waals surface area contributed by atoms with Crippen molar-refractivity contribution in [3.05, 3.63) is 29.8 Å². The molecule has 0 spiro atoms. The van der Waals surface area contributed by atoms with E-state index in [1.807, 2.05) is 19.9 Å². The Morgan fingerprint density at radius 2 is 2.17 bits per heavy atom. The fourth-order valence-corrected chi connectivity index (χ4v) is 3.58. The van der Waals surface area contributed by atoms with Gasteiger partial charge in [-0.2, -0.15) is 0 Å². The molecule has 1 fully saturated rings. The number of carbonyl (C=O) groups is 1. The van der Waals surface area contributed by atoms with Gasteiger partial charge < -0.3 is 19.9 Å². The number of rotatable bonds is 7. The van der Waals surface area contributed by atoms with E-state index in [9.17, 15) is 9.90 Å². The number of aryl methyl sites for hydroxylation is 1. The van der Waals surface area contributed by atoms with Gasteiger partial charge >= 0.3 is 5.97 Å². The van der Waals surface area contributed by atoms with Gasteiger partial charge in [0.2, 0.25) is 0 Å². The molecule has 1 atom stereocenters. The Labute approximate surface area is 170 Å². The lowest BCUT2D eigenvalue weighted by Crippen LogP contribution is -2.44. The molecule has 156 valence electrons. The van der Waals surface area contributed by atoms with Crippen molar-refractivity contribution in [1.29, 1.82) is 0 Å². The van der Waals surface area contributed by atoms with Gasteiger partial charge in [-0.1, -0.05) is 0 Å². The zero-order chi connectivity index (χ0) is 20.8. The Kier molecular flexibility index (Phi) is 6.87. The van der Waals surface area contributed by atoms with Gasteiger partial charge in [0.1, 0.15) is 17.3 Å². The Hall–Kier alpha value is -2.87. The molecule has 1 aliphatic rings. The average molecular weight is 400 g/mol. The van der Waals surface area contributed by atoms with E-state index in [4.69, 9.17) is 9.47 Å². The third-order valence-corrected chi connectivity index (χ3v) is 4.96. The largest absolute Gasteiger partial charge is 0.507 e. The van der Waals surface area contributed by atoms with Gasteiger partial charge in [0.15, 0.2) is 0 Å². The lowest BCUT2D eigenvalue weighted by Gasteiger charge is -2.32. The van der Waals surface area contributed by atoms with Crippen molar-refractivity contribution in [3.63, 3.8) is 0 Å². The highest BCUT2D eigenvalue weighted by Gasteiger charge is 2.22. The Morgan fingerprint density at radius 3 is 2.86 bits per heavy atom. The summed E-state index contributed by atoms with van der Waals surface area (Å²) in [5.41, 5.74) is 2.14. The number of carbonyl (C=O) groups excluding carboxylic acids is 1. The number of piperidine rings is 1. The predicted molar refractivity (Wildman–Crippen MR) is 110 cm³/mol. The minimum Gasteiger partial charge on any atom is -0.507 e. The third-order valence-electron chi connectivity index (χ3n) is 4.96. The summed E-state index contributed by atoms with van der Waals surface area (Å²) in [6.45, 7) is 6.10. The lowest BCUT2D eigenvalue weighted by atomic mass is 10.0. The molecule has 0 unspecified atom stereocenters. The average Bonchev–Trinajstić information content (AvgIpc) is 2.69. The molecule has 1 aromatic heterocycles. The topological polar surface area (TPSA) is 96.8 Å². The number of hydrogen-bond acceptors (Lipinski definition) is 8. The summed E-state index contributed by atoms with van der Waals surface area (Å²) in [6.07, 6.45) is 2.00. The highest BCUT2D eigenvalue weighted by Crippen LogP contribution is 2.33. The summed E-state index contributed by atoms with van der Waals surface area (Å²) in [5.74, 6) is 1.18. The summed E-state index contributed by atoms with van der Waals surface area (Å²) in [7, 11) is 1.55. The van der Waals surface area contributed by atoms with Crippen LogP contribution in [0.15, 0.2) is 24.3 Å². The molecule has 0 aliphatic carbocycles. The normalized spacial score (nSPS) is 17.0. The zero-order valence-corrected chi connectivity index (χ0v) is 17.1. The second-order valence-electron chi connectivity index (χ2n) is 7.17. The molecule has 1 saturated heterocycles. The quantitative estimate of drug-likeness (QED) is 0.685. The van der Waals surface area contributed by atoms with Crippen molar-refractivity contribution in [2.24, 2.45) is 0 Å². The molecular formula is C21H28N4O4. The number of nitrogens with zero attached hydrogens (tertiary/aromatic N) is 3. The maximum Gasteiger partial charge on any atom is 0.320 e. The van der Waals surface area contributed by atoms with Crippen molar-refractivity contribution in [3.8, 4) is 22.8 Å². The number of aromatic hydroxyl groups is 1. The highest BCUT2D eigenvalue weighted by atomic mass is 16.5. The summed E-state index contributed by atoms with van der Waals surface area (Å²) < 4.78 is 10.2. The van der Waals surface area contributed by atoms with Crippen LogP contribution in [0.4, 0.5) is 5.82 Å². The van der Waals surface area contributed by atoms with Crippen LogP contribution in [0.5, 0.6) is 11.5 Å². The molecule has 1 aliphatic heterocycles. The number of ether oxygens (including phenoxy) is 2. The number of methoxy groups -OCH3 is 1. The summed E-state index contributed by atoms with van der Waals surface area (Å²) in [4.78, 5) is 13.8. The Balaban J connectivity index is 1.66. The lowest BCUT2D eigenvalue weighted by molar-refractivity contribution is -0.144. The maximum atomic E-state index is 11.7. The fraction of sp³-hybridized carbons (Fsp3) is 0.476. The van der Waals surface area contributed by atoms with Gasteiger partial charge in [0.05, 0.1) is 26.0 Å². The van der Waals surface area contributed by atoms with Crippen LogP contribution in [0.2, 0.25) is 0 Å². The van der Waals surface area contributed by atoms with Crippen molar-refractivity contribution < 1.29 is 19.4 Å². The van der Waals surface area contributed by atoms with Crippen LogP contribution in [-0.4, -0.2) is 65.6 Å². The fourth-order valence-electron chi connectivity index (χ4n) is 3.58. The van der Waals surface area contributed by atoms with E-state index < -0.39 is 0 Å². The van der Waals surface area contributed by atoms with Gasteiger partial charge in [-0.15, -0.1) is 10.2 Å². The highest BCUT2D eigenvalue weighted by molar-refractivity contribution is 5.72. The van der Waals surface area contributed by atoms with Crippen LogP contribution in [-0.2, 0) is 9.53 Å². The standard InChI is InChI=1S/C21H28N4O4/c1-4-29-20(27)13-25-9-5-6-15(12-25)22-19-10-14(2)21(24-23-19)17-8-7-16(28-3)11-18(17)26/h7-8,10-11,15,26H,4-6,9,12-13H2,1-3H3,(H,22,23)/t15-/m1/s1. The van der Waals surface area contributed by atoms with Crippen molar-refractivity contribution >= 4 is 11.8 Å². The monoisotopic (exact) mass is 400 g/mol. The minimum atomic E-state index is -0.188. The van der Waals surface area contributed by atoms with Gasteiger partial charge in [-0.05, 0) is 57.0 Å². The zero-order valence-electron chi connectivity index (χ0n) is 17.1. The summed E-state index contributed by atoms with van der Waals surface area (Å²) >= 11 is 0. The molecule has 1 aromatic carbocycles. The molecule has 2 aromatic rings. The number of anilines is 1. The van der Waals surface area contributed by atoms with E-state index in [1.165, 1.54) is 0 Å². The van der Waals surface area contributed by atoms with Crippen LogP contribution in [0.1, 0.15) is 25.3 Å². The van der Waals surface area contributed by atoms with Crippen LogP contribution in [0.25, 0.3) is 11.3 Å². The number of nitrogens with one attached hydrogen (secondary N) is 1. The van der Waals surface area contributed by atoms with E-state index >= 15 is 0 Å². The van der Waals surface area contributed by atoms with Gasteiger partial charge in [0.25, 0.3) is 0 Å². The molecule has 0 radical (unpaired) electrons. The predicted octanol–water partition coefficient (Wildman–Crippen LogP) is 2.61. The Morgan fingerprint density at radius 1 is 1.34 bits per heavy atom.